The largest absolute Gasteiger partial charge is 0.419 e. The molecule has 0 saturated carbocycles. The van der Waals surface area contributed by atoms with Crippen molar-refractivity contribution in [2.24, 2.45) is 0 Å². The van der Waals surface area contributed by atoms with Crippen LogP contribution in [0.2, 0.25) is 0 Å². The molecular weight excluding hydrogens is 458 g/mol. The number of fused-ring (bicyclic) bond motifs is 1. The lowest BCUT2D eigenvalue weighted by Crippen LogP contribution is -2.26. The molecule has 1 amide bonds. The number of alkyl halides is 3. The number of halogens is 4. The van der Waals surface area contributed by atoms with Crippen LogP contribution in [-0.2, 0) is 35.0 Å². The van der Waals surface area contributed by atoms with Crippen LogP contribution in [0.5, 0.6) is 0 Å². The third-order valence-electron chi connectivity index (χ3n) is 5.53. The fourth-order valence-corrected chi connectivity index (χ4v) is 3.95. The minimum absolute atomic E-state index is 0.0968. The number of hydrogen-bond acceptors (Lipinski definition) is 5. The highest BCUT2D eigenvalue weighted by Gasteiger charge is 2.38. The molecule has 1 atom stereocenters. The first-order valence-corrected chi connectivity index (χ1v) is 11.3. The molecule has 2 aromatic rings. The van der Waals surface area contributed by atoms with Gasteiger partial charge in [-0.2, -0.15) is 18.3 Å². The molecule has 11 heteroatoms. The number of aliphatic hydroxyl groups is 1. The number of aryl methyl sites for hydroxylation is 2. The van der Waals surface area contributed by atoms with Crippen molar-refractivity contribution in [1.29, 1.82) is 0 Å². The summed E-state index contributed by atoms with van der Waals surface area (Å²) in [6.07, 6.45) is -4.01. The van der Waals surface area contributed by atoms with Gasteiger partial charge in [-0.3, -0.25) is 9.48 Å². The normalized spacial score (nSPS) is 16.5. The molecule has 0 spiro atoms. The molecule has 2 N–H and O–H groups in total. The van der Waals surface area contributed by atoms with Crippen molar-refractivity contribution >= 4 is 5.91 Å². The van der Waals surface area contributed by atoms with Crippen molar-refractivity contribution in [3.63, 3.8) is 0 Å². The number of nitrogens with zero attached hydrogens (tertiary/aromatic N) is 2. The van der Waals surface area contributed by atoms with Crippen LogP contribution < -0.4 is 5.32 Å². The minimum atomic E-state index is -4.96. The van der Waals surface area contributed by atoms with Crippen LogP contribution in [-0.4, -0.2) is 47.2 Å². The van der Waals surface area contributed by atoms with Crippen LogP contribution in [0, 0.1) is 5.82 Å². The SMILES string of the molecule is CCc1nn(CCCOC(O)c2cccc(F)c2C(F)(F)F)c2c1C(=O)NCCCOCCC2. The van der Waals surface area contributed by atoms with Crippen LogP contribution in [0.4, 0.5) is 17.6 Å². The monoisotopic (exact) mass is 487 g/mol. The van der Waals surface area contributed by atoms with E-state index in [1.54, 1.807) is 4.68 Å². The number of ether oxygens (including phenoxy) is 2. The van der Waals surface area contributed by atoms with E-state index in [-0.39, 0.29) is 12.5 Å². The van der Waals surface area contributed by atoms with Gasteiger partial charge in [-0.05, 0) is 38.2 Å². The van der Waals surface area contributed by atoms with E-state index in [0.29, 0.717) is 69.3 Å². The molecule has 0 radical (unpaired) electrons. The number of aliphatic hydroxyl groups excluding tert-OH is 1. The summed E-state index contributed by atoms with van der Waals surface area (Å²) >= 11 is 0. The summed E-state index contributed by atoms with van der Waals surface area (Å²) in [4.78, 5) is 12.8. The van der Waals surface area contributed by atoms with Crippen LogP contribution in [0.3, 0.4) is 0 Å². The highest BCUT2D eigenvalue weighted by atomic mass is 19.4. The lowest BCUT2D eigenvalue weighted by atomic mass is 10.1. The van der Waals surface area contributed by atoms with Crippen LogP contribution in [0.25, 0.3) is 0 Å². The standard InChI is InChI=1S/C23H29F4N3O4/c1-2-17-19-18(9-4-12-33-13-5-10-28-21(19)31)30(29-17)11-6-14-34-22(32)15-7-3-8-16(24)20(15)23(25,26)27/h3,7-8,22,32H,2,4-6,9-14H2,1H3,(H,28,31). The number of hydrogen-bond donors (Lipinski definition) is 2. The van der Waals surface area contributed by atoms with Gasteiger partial charge in [0.25, 0.3) is 5.91 Å². The number of rotatable bonds is 7. The number of benzene rings is 1. The third-order valence-corrected chi connectivity index (χ3v) is 5.53. The predicted molar refractivity (Wildman–Crippen MR) is 115 cm³/mol. The average Bonchev–Trinajstić information content (AvgIpc) is 3.12. The molecule has 1 aliphatic rings. The van der Waals surface area contributed by atoms with Crippen molar-refractivity contribution in [3.8, 4) is 0 Å². The lowest BCUT2D eigenvalue weighted by molar-refractivity contribution is -0.149. The minimum Gasteiger partial charge on any atom is -0.381 e. The molecule has 1 aromatic carbocycles. The molecule has 1 aliphatic heterocycles. The maximum atomic E-state index is 13.7. The molecule has 2 heterocycles. The topological polar surface area (TPSA) is 85.6 Å². The first-order valence-electron chi connectivity index (χ1n) is 11.3. The van der Waals surface area contributed by atoms with E-state index in [2.05, 4.69) is 10.4 Å². The number of aromatic nitrogens is 2. The highest BCUT2D eigenvalue weighted by Crippen LogP contribution is 2.36. The van der Waals surface area contributed by atoms with Crippen molar-refractivity contribution in [2.75, 3.05) is 26.4 Å². The van der Waals surface area contributed by atoms with Crippen LogP contribution >= 0.6 is 0 Å². The zero-order valence-electron chi connectivity index (χ0n) is 19.0. The van der Waals surface area contributed by atoms with E-state index in [9.17, 15) is 27.5 Å². The van der Waals surface area contributed by atoms with E-state index in [4.69, 9.17) is 9.47 Å². The molecule has 34 heavy (non-hydrogen) atoms. The number of amides is 1. The van der Waals surface area contributed by atoms with Gasteiger partial charge in [0.1, 0.15) is 5.82 Å². The van der Waals surface area contributed by atoms with Crippen LogP contribution in [0.1, 0.15) is 65.3 Å². The molecule has 1 aromatic heterocycles. The summed E-state index contributed by atoms with van der Waals surface area (Å²) in [6.45, 7) is 3.78. The molecule has 7 nitrogen and oxygen atoms in total. The summed E-state index contributed by atoms with van der Waals surface area (Å²) in [5, 5.41) is 17.6. The zero-order valence-corrected chi connectivity index (χ0v) is 19.0. The second-order valence-electron chi connectivity index (χ2n) is 7.95. The average molecular weight is 487 g/mol. The Morgan fingerprint density at radius 3 is 2.79 bits per heavy atom. The Bertz CT molecular complexity index is 978. The number of nitrogens with one attached hydrogen (secondary N) is 1. The van der Waals surface area contributed by atoms with Gasteiger partial charge < -0.3 is 19.9 Å². The van der Waals surface area contributed by atoms with E-state index in [1.807, 2.05) is 6.92 Å². The van der Waals surface area contributed by atoms with Gasteiger partial charge >= 0.3 is 6.18 Å². The number of carbonyl (C=O) groups excluding carboxylic acids is 1. The van der Waals surface area contributed by atoms with Crippen molar-refractivity contribution in [2.45, 2.75) is 58.0 Å². The molecule has 0 saturated heterocycles. The Morgan fingerprint density at radius 2 is 2.06 bits per heavy atom. The first kappa shape index (κ1) is 26.1. The maximum absolute atomic E-state index is 13.7. The Kier molecular flexibility index (Phi) is 9.03. The maximum Gasteiger partial charge on any atom is 0.419 e. The van der Waals surface area contributed by atoms with Gasteiger partial charge in [0.05, 0.1) is 29.1 Å². The van der Waals surface area contributed by atoms with E-state index in [1.165, 1.54) is 0 Å². The summed E-state index contributed by atoms with van der Waals surface area (Å²) < 4.78 is 65.8. The van der Waals surface area contributed by atoms with Crippen molar-refractivity contribution in [1.82, 2.24) is 15.1 Å². The Hall–Kier alpha value is -2.50. The van der Waals surface area contributed by atoms with Gasteiger partial charge in [0.2, 0.25) is 0 Å². The quantitative estimate of drug-likeness (QED) is 0.353. The zero-order chi connectivity index (χ0) is 24.7. The summed E-state index contributed by atoms with van der Waals surface area (Å²) in [5.41, 5.74) is -0.224. The van der Waals surface area contributed by atoms with Gasteiger partial charge in [-0.1, -0.05) is 19.1 Å². The van der Waals surface area contributed by atoms with Gasteiger partial charge in [0.15, 0.2) is 6.29 Å². The molecule has 0 bridgehead atoms. The Balaban J connectivity index is 1.69. The molecule has 0 fully saturated rings. The second kappa shape index (κ2) is 11.8. The fourth-order valence-electron chi connectivity index (χ4n) is 3.95. The molecule has 1 unspecified atom stereocenters. The Morgan fingerprint density at radius 1 is 1.29 bits per heavy atom. The van der Waals surface area contributed by atoms with E-state index in [0.717, 1.165) is 24.2 Å². The predicted octanol–water partition coefficient (Wildman–Crippen LogP) is 3.78. The highest BCUT2D eigenvalue weighted by molar-refractivity contribution is 5.96. The third kappa shape index (κ3) is 6.34. The fraction of sp³-hybridized carbons (Fsp3) is 0.565. The summed E-state index contributed by atoms with van der Waals surface area (Å²) in [7, 11) is 0. The number of carbonyl (C=O) groups is 1. The summed E-state index contributed by atoms with van der Waals surface area (Å²) in [5.74, 6) is -1.66. The molecular formula is C23H29F4N3O4. The lowest BCUT2D eigenvalue weighted by Gasteiger charge is -2.18. The van der Waals surface area contributed by atoms with Crippen molar-refractivity contribution in [3.05, 3.63) is 52.1 Å². The van der Waals surface area contributed by atoms with Crippen LogP contribution in [0.15, 0.2) is 18.2 Å². The Labute approximate surface area is 195 Å². The van der Waals surface area contributed by atoms with E-state index >= 15 is 0 Å². The van der Waals surface area contributed by atoms with Gasteiger partial charge in [-0.15, -0.1) is 0 Å². The summed E-state index contributed by atoms with van der Waals surface area (Å²) in [6, 6.07) is 2.75. The van der Waals surface area contributed by atoms with Gasteiger partial charge in [-0.25, -0.2) is 4.39 Å². The van der Waals surface area contributed by atoms with E-state index < -0.39 is 29.4 Å². The smallest absolute Gasteiger partial charge is 0.381 e. The van der Waals surface area contributed by atoms with Gasteiger partial charge in [0, 0.05) is 31.9 Å². The molecule has 3 rings (SSSR count). The second-order valence-corrected chi connectivity index (χ2v) is 7.95. The molecule has 188 valence electrons. The van der Waals surface area contributed by atoms with Crippen molar-refractivity contribution < 1.29 is 36.9 Å². The first-order chi connectivity index (χ1) is 16.2. The molecule has 0 aliphatic carbocycles.